The highest BCUT2D eigenvalue weighted by Crippen LogP contribution is 1.81. The zero-order valence-electron chi connectivity index (χ0n) is 2.01. The molecule has 0 aliphatic rings. The molecule has 0 aliphatic heterocycles. The minimum Gasteiger partial charge on any atom is -0.406 e. The largest absolute Gasteiger partial charge is 0.406 e. The predicted octanol–water partition coefficient (Wildman–Crippen LogP) is 0.810. The van der Waals surface area contributed by atoms with E-state index in [1.165, 1.54) is 0 Å². The molecule has 0 aromatic heterocycles. The Morgan fingerprint density at radius 3 is 1.80 bits per heavy atom. The van der Waals surface area contributed by atoms with Crippen molar-refractivity contribution in [3.63, 3.8) is 0 Å². The third-order valence-corrected chi connectivity index (χ3v) is 3.11. The molecular formula is IOS3-. The zero-order chi connectivity index (χ0) is 4.28. The molecule has 0 fully saturated rings. The highest BCUT2D eigenvalue weighted by Gasteiger charge is 1.39. The third kappa shape index (κ3) is 5.48. The lowest BCUT2D eigenvalue weighted by atomic mass is 15.9. The first-order valence-electron chi connectivity index (χ1n) is 0.654. The molecule has 0 saturated carbocycles. The van der Waals surface area contributed by atoms with E-state index in [1.54, 1.807) is 23.0 Å². The van der Waals surface area contributed by atoms with Crippen molar-refractivity contribution in [3.05, 3.63) is 0 Å². The van der Waals surface area contributed by atoms with Crippen LogP contribution in [-0.2, 0) is 33.2 Å². The maximum atomic E-state index is 4.39. The van der Waals surface area contributed by atoms with Gasteiger partial charge in [0.1, 0.15) is 0 Å². The third-order valence-electron chi connectivity index (χ3n) is 0.0514. The Bertz CT molecular complexity index is 65.0. The van der Waals surface area contributed by atoms with Crippen LogP contribution in [0.3, 0.4) is 0 Å². The van der Waals surface area contributed by atoms with Gasteiger partial charge in [0.2, 0.25) is 0 Å². The van der Waals surface area contributed by atoms with Crippen LogP contribution in [0.2, 0.25) is 0 Å². The van der Waals surface area contributed by atoms with Crippen molar-refractivity contribution in [1.82, 2.24) is 0 Å². The van der Waals surface area contributed by atoms with Gasteiger partial charge in [0.15, 0.2) is 0 Å². The molecule has 0 unspecified atom stereocenters. The molecule has 0 bridgehead atoms. The summed E-state index contributed by atoms with van der Waals surface area (Å²) in [6.07, 6.45) is 0. The summed E-state index contributed by atoms with van der Waals surface area (Å²) in [7, 11) is -0.669. The average molecular weight is 239 g/mol. The van der Waals surface area contributed by atoms with E-state index in [2.05, 4.69) is 24.9 Å². The summed E-state index contributed by atoms with van der Waals surface area (Å²) < 4.78 is 4.38. The van der Waals surface area contributed by atoms with E-state index < -0.39 is 8.29 Å². The molecule has 0 amide bonds. The van der Waals surface area contributed by atoms with Crippen LogP contribution in [0, 0.1) is 0 Å². The van der Waals surface area contributed by atoms with Crippen LogP contribution >= 0.6 is 23.0 Å². The maximum absolute atomic E-state index is 4.39. The van der Waals surface area contributed by atoms with E-state index in [-0.39, 0.29) is 0 Å². The Hall–Kier alpha value is 1.48. The van der Waals surface area contributed by atoms with E-state index >= 15 is 0 Å². The van der Waals surface area contributed by atoms with Gasteiger partial charge >= 0.3 is 0 Å². The van der Waals surface area contributed by atoms with E-state index in [0.29, 0.717) is 0 Å². The first-order chi connectivity index (χ1) is 2.27. The van der Waals surface area contributed by atoms with Crippen LogP contribution in [0.5, 0.6) is 0 Å². The van der Waals surface area contributed by atoms with Gasteiger partial charge in [-0.25, -0.2) is 30.7 Å². The molecule has 0 aliphatic carbocycles. The topological polar surface area (TPSA) is 9.23 Å². The Morgan fingerprint density at radius 1 is 1.60 bits per heavy atom. The van der Waals surface area contributed by atoms with Crippen molar-refractivity contribution >= 4 is 53.7 Å². The Balaban J connectivity index is 3.23. The van der Waals surface area contributed by atoms with Crippen molar-refractivity contribution in [2.24, 2.45) is 0 Å². The summed E-state index contributed by atoms with van der Waals surface area (Å²) in [6, 6.07) is 0. The highest BCUT2D eigenvalue weighted by molar-refractivity contribution is 14.1. The first-order valence-corrected chi connectivity index (χ1v) is 4.54. The van der Waals surface area contributed by atoms with Crippen molar-refractivity contribution in [2.75, 3.05) is 0 Å². The van der Waals surface area contributed by atoms with Gasteiger partial charge in [0, 0.05) is 0 Å². The van der Waals surface area contributed by atoms with E-state index in [9.17, 15) is 0 Å². The summed E-state index contributed by atoms with van der Waals surface area (Å²) >= 11 is 10.5. The van der Waals surface area contributed by atoms with Gasteiger partial charge in [-0.05, 0) is 0 Å². The van der Waals surface area contributed by atoms with Gasteiger partial charge in [-0.2, -0.15) is 0 Å². The number of hydrogen-bond acceptors (Lipinski definition) is 4. The molecular weight excluding hydrogens is 239 g/mol. The molecule has 0 spiro atoms. The second-order valence-corrected chi connectivity index (χ2v) is 4.33. The molecule has 0 atom stereocenters. The molecule has 0 N–H and O–H groups in total. The molecule has 32 valence electrons. The summed E-state index contributed by atoms with van der Waals surface area (Å²) in [6.45, 7) is 0. The van der Waals surface area contributed by atoms with Crippen LogP contribution in [0.15, 0.2) is 0 Å². The Labute approximate surface area is 55.8 Å². The maximum Gasteiger partial charge on any atom is 0.0866 e. The summed E-state index contributed by atoms with van der Waals surface area (Å²) in [4.78, 5) is 0. The molecule has 0 aromatic carbocycles. The molecule has 5 heavy (non-hydrogen) atoms. The molecule has 0 radical (unpaired) electrons. The second kappa shape index (κ2) is 3.66. The molecule has 0 heterocycles. The monoisotopic (exact) mass is 239 g/mol. The Morgan fingerprint density at radius 2 is 1.80 bits per heavy atom. The quantitative estimate of drug-likeness (QED) is 0.495. The minimum absolute atomic E-state index is 0.669. The van der Waals surface area contributed by atoms with Gasteiger partial charge in [0.05, 0.1) is 23.0 Å². The van der Waals surface area contributed by atoms with E-state index in [4.69, 9.17) is 0 Å². The average Bonchev–Trinajstić information content (AvgIpc) is 1.38. The SMILES string of the molecule is S=[S-](=S)OI. The van der Waals surface area contributed by atoms with Crippen molar-refractivity contribution in [2.45, 2.75) is 0 Å². The summed E-state index contributed by atoms with van der Waals surface area (Å²) in [5.41, 5.74) is 0. The number of halogens is 1. The fraction of sp³-hybridized carbons (Fsp3) is 0. The van der Waals surface area contributed by atoms with Crippen LogP contribution in [0.1, 0.15) is 0 Å². The van der Waals surface area contributed by atoms with Gasteiger partial charge < -0.3 is 2.51 Å². The second-order valence-electron chi connectivity index (χ2n) is 0.267. The van der Waals surface area contributed by atoms with Gasteiger partial charge in [-0.15, -0.1) is 0 Å². The van der Waals surface area contributed by atoms with Crippen LogP contribution in [-0.4, -0.2) is 0 Å². The zero-order valence-corrected chi connectivity index (χ0v) is 6.62. The molecule has 0 saturated heterocycles. The van der Waals surface area contributed by atoms with Crippen LogP contribution in [0.25, 0.3) is 0 Å². The van der Waals surface area contributed by atoms with Crippen molar-refractivity contribution < 1.29 is 2.51 Å². The van der Waals surface area contributed by atoms with E-state index in [1.807, 2.05) is 0 Å². The lowest BCUT2D eigenvalue weighted by molar-refractivity contribution is 0.852. The Kier molecular flexibility index (Phi) is 4.75. The lowest BCUT2D eigenvalue weighted by Gasteiger charge is -1.87. The van der Waals surface area contributed by atoms with Gasteiger partial charge in [-0.1, -0.05) is 0 Å². The lowest BCUT2D eigenvalue weighted by Crippen LogP contribution is -1.56. The van der Waals surface area contributed by atoms with Crippen molar-refractivity contribution in [3.8, 4) is 0 Å². The molecule has 1 nitrogen and oxygen atoms in total. The van der Waals surface area contributed by atoms with Gasteiger partial charge in [-0.3, -0.25) is 0 Å². The fourth-order valence-corrected chi connectivity index (χ4v) is 0. The molecule has 5 heteroatoms. The number of rotatable bonds is 1. The standard InChI is InChI=1S/IOS3/c1-2-5(3)4/q-1. The summed E-state index contributed by atoms with van der Waals surface area (Å²) in [5.74, 6) is 0. The predicted molar refractivity (Wildman–Crippen MR) is 37.2 cm³/mol. The number of hydrogen-bond donors (Lipinski definition) is 0. The van der Waals surface area contributed by atoms with Crippen molar-refractivity contribution in [1.29, 1.82) is 0 Å². The smallest absolute Gasteiger partial charge is 0.0866 e. The minimum atomic E-state index is -0.669. The van der Waals surface area contributed by atoms with Crippen LogP contribution in [0.4, 0.5) is 0 Å². The normalized spacial score (nSPS) is 9.20. The first kappa shape index (κ1) is 6.48. The van der Waals surface area contributed by atoms with Crippen LogP contribution < -0.4 is 0 Å². The van der Waals surface area contributed by atoms with Gasteiger partial charge in [0.25, 0.3) is 0 Å². The fourth-order valence-electron chi connectivity index (χ4n) is 0. The summed E-state index contributed by atoms with van der Waals surface area (Å²) in [5, 5.41) is 0. The highest BCUT2D eigenvalue weighted by atomic mass is 127. The molecule has 0 aromatic rings. The molecule has 0 rings (SSSR count). The van der Waals surface area contributed by atoms with E-state index in [0.717, 1.165) is 0 Å².